The second kappa shape index (κ2) is 5.85. The maximum atomic E-state index is 12.3. The standard InChI is InChI=1S/C16H14N2O4/c19-16(17-9-8-12-4-1-2-7-15(12)17)11-22-14-6-3-5-13(10-14)18(20)21/h1-7,10H,8-9,11H2. The predicted molar refractivity (Wildman–Crippen MR) is 81.1 cm³/mol. The van der Waals surface area contributed by atoms with Crippen LogP contribution < -0.4 is 9.64 Å². The third-order valence-electron chi connectivity index (χ3n) is 3.58. The fourth-order valence-electron chi connectivity index (χ4n) is 2.51. The molecular weight excluding hydrogens is 284 g/mol. The molecular formula is C16H14N2O4. The Balaban J connectivity index is 1.66. The van der Waals surface area contributed by atoms with Crippen LogP contribution in [-0.2, 0) is 11.2 Å². The van der Waals surface area contributed by atoms with Gasteiger partial charge in [-0.2, -0.15) is 0 Å². The number of hydrogen-bond donors (Lipinski definition) is 0. The average molecular weight is 298 g/mol. The second-order valence-corrected chi connectivity index (χ2v) is 4.97. The van der Waals surface area contributed by atoms with Crippen LogP contribution in [0.25, 0.3) is 0 Å². The molecule has 0 saturated heterocycles. The van der Waals surface area contributed by atoms with Gasteiger partial charge in [0, 0.05) is 18.3 Å². The Labute approximate surface area is 127 Å². The molecule has 6 nitrogen and oxygen atoms in total. The average Bonchev–Trinajstić information content (AvgIpc) is 2.97. The van der Waals surface area contributed by atoms with Gasteiger partial charge in [0.2, 0.25) is 0 Å². The summed E-state index contributed by atoms with van der Waals surface area (Å²) in [4.78, 5) is 24.2. The minimum atomic E-state index is -0.495. The number of nitrogens with zero attached hydrogens (tertiary/aromatic N) is 2. The molecule has 0 bridgehead atoms. The molecule has 3 rings (SSSR count). The van der Waals surface area contributed by atoms with Crippen molar-refractivity contribution in [3.05, 3.63) is 64.2 Å². The molecule has 0 radical (unpaired) electrons. The van der Waals surface area contributed by atoms with Gasteiger partial charge in [-0.3, -0.25) is 14.9 Å². The molecule has 0 spiro atoms. The van der Waals surface area contributed by atoms with E-state index >= 15 is 0 Å². The van der Waals surface area contributed by atoms with Crippen molar-refractivity contribution < 1.29 is 14.5 Å². The van der Waals surface area contributed by atoms with Crippen LogP contribution in [-0.4, -0.2) is 24.0 Å². The maximum absolute atomic E-state index is 12.3. The van der Waals surface area contributed by atoms with E-state index in [1.807, 2.05) is 24.3 Å². The summed E-state index contributed by atoms with van der Waals surface area (Å²) in [7, 11) is 0. The van der Waals surface area contributed by atoms with Crippen molar-refractivity contribution >= 4 is 17.3 Å². The second-order valence-electron chi connectivity index (χ2n) is 4.97. The molecule has 1 aliphatic rings. The van der Waals surface area contributed by atoms with Crippen LogP contribution in [0.5, 0.6) is 5.75 Å². The number of fused-ring (bicyclic) bond motifs is 1. The lowest BCUT2D eigenvalue weighted by Gasteiger charge is -2.17. The van der Waals surface area contributed by atoms with Gasteiger partial charge < -0.3 is 9.64 Å². The zero-order chi connectivity index (χ0) is 15.5. The zero-order valence-electron chi connectivity index (χ0n) is 11.8. The SMILES string of the molecule is O=C(COc1cccc([N+](=O)[O-])c1)N1CCc2ccccc21. The summed E-state index contributed by atoms with van der Waals surface area (Å²) in [6.07, 6.45) is 0.832. The van der Waals surface area contributed by atoms with Crippen LogP contribution in [0.4, 0.5) is 11.4 Å². The highest BCUT2D eigenvalue weighted by Gasteiger charge is 2.24. The minimum absolute atomic E-state index is 0.0588. The number of ether oxygens (including phenoxy) is 1. The number of non-ortho nitro benzene ring substituents is 1. The Hall–Kier alpha value is -2.89. The number of nitro benzene ring substituents is 1. The molecule has 1 heterocycles. The summed E-state index contributed by atoms with van der Waals surface area (Å²) in [6, 6.07) is 13.6. The number of para-hydroxylation sites is 1. The van der Waals surface area contributed by atoms with Gasteiger partial charge >= 0.3 is 0 Å². The van der Waals surface area contributed by atoms with Crippen LogP contribution in [0.15, 0.2) is 48.5 Å². The third kappa shape index (κ3) is 2.76. The first-order valence-electron chi connectivity index (χ1n) is 6.90. The lowest BCUT2D eigenvalue weighted by atomic mass is 10.2. The molecule has 2 aromatic rings. The number of hydrogen-bond acceptors (Lipinski definition) is 4. The molecule has 1 amide bonds. The van der Waals surface area contributed by atoms with Gasteiger partial charge in [-0.25, -0.2) is 0 Å². The van der Waals surface area contributed by atoms with E-state index in [-0.39, 0.29) is 18.2 Å². The summed E-state index contributed by atoms with van der Waals surface area (Å²) in [5.74, 6) is 0.159. The molecule has 0 atom stereocenters. The topological polar surface area (TPSA) is 72.7 Å². The third-order valence-corrected chi connectivity index (χ3v) is 3.58. The Bertz CT molecular complexity index is 730. The van der Waals surface area contributed by atoms with Gasteiger partial charge in [-0.05, 0) is 24.1 Å². The summed E-state index contributed by atoms with van der Waals surface area (Å²) in [5, 5.41) is 10.7. The molecule has 0 N–H and O–H groups in total. The van der Waals surface area contributed by atoms with Gasteiger partial charge in [-0.15, -0.1) is 0 Å². The Morgan fingerprint density at radius 2 is 2.05 bits per heavy atom. The van der Waals surface area contributed by atoms with E-state index in [0.29, 0.717) is 12.3 Å². The number of anilines is 1. The van der Waals surface area contributed by atoms with Crippen molar-refractivity contribution in [1.82, 2.24) is 0 Å². The fourth-order valence-corrected chi connectivity index (χ4v) is 2.51. The maximum Gasteiger partial charge on any atom is 0.273 e. The Morgan fingerprint density at radius 1 is 1.23 bits per heavy atom. The molecule has 0 aromatic heterocycles. The van der Waals surface area contributed by atoms with E-state index in [4.69, 9.17) is 4.74 Å². The molecule has 22 heavy (non-hydrogen) atoms. The predicted octanol–water partition coefficient (Wildman–Crippen LogP) is 2.56. The minimum Gasteiger partial charge on any atom is -0.483 e. The molecule has 112 valence electrons. The number of carbonyl (C=O) groups excluding carboxylic acids is 1. The van der Waals surface area contributed by atoms with E-state index < -0.39 is 4.92 Å². The normalized spacial score (nSPS) is 12.8. The molecule has 6 heteroatoms. The Morgan fingerprint density at radius 3 is 2.86 bits per heavy atom. The first-order chi connectivity index (χ1) is 10.6. The van der Waals surface area contributed by atoms with Crippen molar-refractivity contribution in [1.29, 1.82) is 0 Å². The van der Waals surface area contributed by atoms with Crippen LogP contribution in [0.2, 0.25) is 0 Å². The van der Waals surface area contributed by atoms with Gasteiger partial charge in [0.1, 0.15) is 5.75 Å². The number of carbonyl (C=O) groups is 1. The van der Waals surface area contributed by atoms with Crippen LogP contribution >= 0.6 is 0 Å². The fraction of sp³-hybridized carbons (Fsp3) is 0.188. The molecule has 2 aromatic carbocycles. The zero-order valence-corrected chi connectivity index (χ0v) is 11.8. The molecule has 1 aliphatic heterocycles. The molecule has 0 aliphatic carbocycles. The summed E-state index contributed by atoms with van der Waals surface area (Å²) < 4.78 is 5.39. The summed E-state index contributed by atoms with van der Waals surface area (Å²) >= 11 is 0. The quantitative estimate of drug-likeness (QED) is 0.642. The molecule has 0 saturated carbocycles. The van der Waals surface area contributed by atoms with Gasteiger partial charge in [0.05, 0.1) is 11.0 Å². The summed E-state index contributed by atoms with van der Waals surface area (Å²) in [6.45, 7) is 0.492. The first-order valence-corrected chi connectivity index (χ1v) is 6.90. The van der Waals surface area contributed by atoms with Crippen LogP contribution in [0, 0.1) is 10.1 Å². The number of amides is 1. The van der Waals surface area contributed by atoms with Crippen molar-refractivity contribution in [3.63, 3.8) is 0 Å². The lowest BCUT2D eigenvalue weighted by molar-refractivity contribution is -0.384. The van der Waals surface area contributed by atoms with E-state index in [9.17, 15) is 14.9 Å². The number of benzene rings is 2. The van der Waals surface area contributed by atoms with E-state index in [2.05, 4.69) is 0 Å². The van der Waals surface area contributed by atoms with E-state index in [0.717, 1.165) is 17.7 Å². The van der Waals surface area contributed by atoms with Crippen LogP contribution in [0.1, 0.15) is 5.56 Å². The largest absolute Gasteiger partial charge is 0.483 e. The summed E-state index contributed by atoms with van der Waals surface area (Å²) in [5.41, 5.74) is 2.00. The van der Waals surface area contributed by atoms with E-state index in [1.165, 1.54) is 18.2 Å². The highest BCUT2D eigenvalue weighted by atomic mass is 16.6. The number of nitro groups is 1. The van der Waals surface area contributed by atoms with Crippen molar-refractivity contribution in [2.75, 3.05) is 18.1 Å². The smallest absolute Gasteiger partial charge is 0.273 e. The van der Waals surface area contributed by atoms with Crippen molar-refractivity contribution in [2.24, 2.45) is 0 Å². The monoisotopic (exact) mass is 298 g/mol. The van der Waals surface area contributed by atoms with Gasteiger partial charge in [0.15, 0.2) is 6.61 Å². The highest BCUT2D eigenvalue weighted by Crippen LogP contribution is 2.27. The van der Waals surface area contributed by atoms with E-state index in [1.54, 1.807) is 11.0 Å². The van der Waals surface area contributed by atoms with Gasteiger partial charge in [0.25, 0.3) is 11.6 Å². The lowest BCUT2D eigenvalue weighted by Crippen LogP contribution is -2.33. The molecule has 0 unspecified atom stereocenters. The molecule has 0 fully saturated rings. The van der Waals surface area contributed by atoms with Crippen molar-refractivity contribution in [3.8, 4) is 5.75 Å². The first kappa shape index (κ1) is 14.1. The van der Waals surface area contributed by atoms with Crippen LogP contribution in [0.3, 0.4) is 0 Å². The Kier molecular flexibility index (Phi) is 3.74. The highest BCUT2D eigenvalue weighted by molar-refractivity contribution is 5.96. The number of rotatable bonds is 4. The van der Waals surface area contributed by atoms with Gasteiger partial charge in [-0.1, -0.05) is 24.3 Å². The van der Waals surface area contributed by atoms with Crippen molar-refractivity contribution in [2.45, 2.75) is 6.42 Å².